The molecule has 1 heterocycles. The molecule has 0 aliphatic rings. The molecule has 1 aromatic rings. The summed E-state index contributed by atoms with van der Waals surface area (Å²) >= 11 is 5.79. The van der Waals surface area contributed by atoms with Crippen molar-refractivity contribution in [1.29, 1.82) is 0 Å². The number of methoxy groups -OCH3 is 1. The molecule has 0 N–H and O–H groups in total. The fourth-order valence-electron chi connectivity index (χ4n) is 0.891. The van der Waals surface area contributed by atoms with Crippen LogP contribution in [0.1, 0.15) is 16.1 Å². The van der Waals surface area contributed by atoms with Gasteiger partial charge in [0.05, 0.1) is 23.4 Å². The summed E-state index contributed by atoms with van der Waals surface area (Å²) in [5, 5.41) is 0.387. The molecule has 0 fully saturated rings. The standard InChI is InChI=1S/C9H8ClNO2/c1-3-8-7(10)4-6(5-12)9(11-8)13-2/h3-5H,1H2,2H3. The van der Waals surface area contributed by atoms with Gasteiger partial charge < -0.3 is 4.74 Å². The zero-order valence-corrected chi connectivity index (χ0v) is 7.84. The van der Waals surface area contributed by atoms with Crippen LogP contribution in [0.2, 0.25) is 5.02 Å². The van der Waals surface area contributed by atoms with E-state index in [-0.39, 0.29) is 5.88 Å². The predicted molar refractivity (Wildman–Crippen MR) is 51.3 cm³/mol. The van der Waals surface area contributed by atoms with Crippen LogP contribution in [0.25, 0.3) is 6.08 Å². The highest BCUT2D eigenvalue weighted by molar-refractivity contribution is 6.32. The zero-order valence-electron chi connectivity index (χ0n) is 7.08. The summed E-state index contributed by atoms with van der Waals surface area (Å²) in [6, 6.07) is 1.50. The third-order valence-corrected chi connectivity index (χ3v) is 1.81. The molecule has 0 spiro atoms. The van der Waals surface area contributed by atoms with E-state index in [2.05, 4.69) is 11.6 Å². The Labute approximate surface area is 81.0 Å². The molecular weight excluding hydrogens is 190 g/mol. The fourth-order valence-corrected chi connectivity index (χ4v) is 1.13. The molecule has 68 valence electrons. The van der Waals surface area contributed by atoms with E-state index in [1.54, 1.807) is 0 Å². The van der Waals surface area contributed by atoms with Crippen LogP contribution in [-0.2, 0) is 0 Å². The van der Waals surface area contributed by atoms with Crippen LogP contribution in [0.15, 0.2) is 12.6 Å². The third kappa shape index (κ3) is 1.87. The van der Waals surface area contributed by atoms with Gasteiger partial charge in [-0.05, 0) is 12.1 Å². The minimum Gasteiger partial charge on any atom is -0.480 e. The molecule has 0 radical (unpaired) electrons. The molecule has 0 aromatic carbocycles. The zero-order chi connectivity index (χ0) is 9.84. The predicted octanol–water partition coefficient (Wildman–Crippen LogP) is 2.20. The third-order valence-electron chi connectivity index (χ3n) is 1.51. The fraction of sp³-hybridized carbons (Fsp3) is 0.111. The molecule has 0 aliphatic heterocycles. The molecule has 0 unspecified atom stereocenters. The van der Waals surface area contributed by atoms with Gasteiger partial charge in [-0.25, -0.2) is 4.98 Å². The largest absolute Gasteiger partial charge is 0.480 e. The molecule has 0 amide bonds. The van der Waals surface area contributed by atoms with Crippen molar-refractivity contribution in [1.82, 2.24) is 4.98 Å². The van der Waals surface area contributed by atoms with Gasteiger partial charge in [-0.2, -0.15) is 0 Å². The second kappa shape index (κ2) is 4.05. The highest BCUT2D eigenvalue weighted by Crippen LogP contribution is 2.22. The van der Waals surface area contributed by atoms with E-state index in [1.807, 2.05) is 0 Å². The number of carbonyl (C=O) groups is 1. The Bertz CT molecular complexity index is 350. The number of aromatic nitrogens is 1. The minimum absolute atomic E-state index is 0.259. The Hall–Kier alpha value is -1.35. The number of aldehydes is 1. The minimum atomic E-state index is 0.259. The average Bonchev–Trinajstić information content (AvgIpc) is 2.17. The number of ether oxygens (including phenoxy) is 1. The second-order valence-corrected chi connectivity index (χ2v) is 2.68. The van der Waals surface area contributed by atoms with Crippen molar-refractivity contribution in [2.75, 3.05) is 7.11 Å². The molecule has 0 saturated heterocycles. The Morgan fingerprint density at radius 2 is 2.38 bits per heavy atom. The van der Waals surface area contributed by atoms with E-state index in [0.717, 1.165) is 0 Å². The normalized spacial score (nSPS) is 9.38. The monoisotopic (exact) mass is 197 g/mol. The van der Waals surface area contributed by atoms with Gasteiger partial charge >= 0.3 is 0 Å². The lowest BCUT2D eigenvalue weighted by molar-refractivity contribution is 0.112. The number of hydrogen-bond acceptors (Lipinski definition) is 3. The van der Waals surface area contributed by atoms with E-state index in [9.17, 15) is 4.79 Å². The molecular formula is C9H8ClNO2. The van der Waals surface area contributed by atoms with Gasteiger partial charge in [0.1, 0.15) is 0 Å². The highest BCUT2D eigenvalue weighted by atomic mass is 35.5. The number of nitrogens with zero attached hydrogens (tertiary/aromatic N) is 1. The van der Waals surface area contributed by atoms with Crippen molar-refractivity contribution in [2.24, 2.45) is 0 Å². The molecule has 0 saturated carbocycles. The summed E-state index contributed by atoms with van der Waals surface area (Å²) in [5.41, 5.74) is 0.835. The molecule has 0 aliphatic carbocycles. The lowest BCUT2D eigenvalue weighted by Crippen LogP contribution is -1.96. The summed E-state index contributed by atoms with van der Waals surface area (Å²) in [6.07, 6.45) is 2.14. The first-order valence-corrected chi connectivity index (χ1v) is 3.93. The first-order valence-electron chi connectivity index (χ1n) is 3.55. The maximum atomic E-state index is 10.5. The van der Waals surface area contributed by atoms with Gasteiger partial charge in [0.25, 0.3) is 0 Å². The van der Waals surface area contributed by atoms with Gasteiger partial charge in [-0.1, -0.05) is 18.2 Å². The number of hydrogen-bond donors (Lipinski definition) is 0. The van der Waals surface area contributed by atoms with Gasteiger partial charge in [-0.15, -0.1) is 0 Å². The summed E-state index contributed by atoms with van der Waals surface area (Å²) in [6.45, 7) is 3.53. The molecule has 1 aromatic heterocycles. The number of rotatable bonds is 3. The van der Waals surface area contributed by atoms with Gasteiger partial charge in [-0.3, -0.25) is 4.79 Å². The maximum absolute atomic E-state index is 10.5. The first kappa shape index (κ1) is 9.74. The first-order chi connectivity index (χ1) is 6.22. The second-order valence-electron chi connectivity index (χ2n) is 2.28. The van der Waals surface area contributed by atoms with Crippen LogP contribution in [-0.4, -0.2) is 18.4 Å². The average molecular weight is 198 g/mol. The Kier molecular flexibility index (Phi) is 3.03. The van der Waals surface area contributed by atoms with E-state index in [4.69, 9.17) is 16.3 Å². The van der Waals surface area contributed by atoms with Gasteiger partial charge in [0, 0.05) is 0 Å². The van der Waals surface area contributed by atoms with Crippen LogP contribution in [0, 0.1) is 0 Å². The van der Waals surface area contributed by atoms with E-state index < -0.39 is 0 Å². The topological polar surface area (TPSA) is 39.2 Å². The smallest absolute Gasteiger partial charge is 0.224 e. The van der Waals surface area contributed by atoms with Crippen molar-refractivity contribution < 1.29 is 9.53 Å². The SMILES string of the molecule is C=Cc1nc(OC)c(C=O)cc1Cl. The lowest BCUT2D eigenvalue weighted by atomic mass is 10.2. The maximum Gasteiger partial charge on any atom is 0.224 e. The molecule has 3 nitrogen and oxygen atoms in total. The Morgan fingerprint density at radius 1 is 1.69 bits per heavy atom. The van der Waals surface area contributed by atoms with Crippen molar-refractivity contribution in [2.45, 2.75) is 0 Å². The van der Waals surface area contributed by atoms with Gasteiger partial charge in [0.2, 0.25) is 5.88 Å². The van der Waals surface area contributed by atoms with Crippen molar-refractivity contribution in [3.05, 3.63) is 28.9 Å². The number of halogens is 1. The Morgan fingerprint density at radius 3 is 2.85 bits per heavy atom. The van der Waals surface area contributed by atoms with E-state index in [0.29, 0.717) is 22.6 Å². The van der Waals surface area contributed by atoms with E-state index >= 15 is 0 Å². The summed E-state index contributed by atoms with van der Waals surface area (Å²) < 4.78 is 4.88. The number of carbonyl (C=O) groups excluding carboxylic acids is 1. The summed E-state index contributed by atoms with van der Waals surface area (Å²) in [5.74, 6) is 0.259. The van der Waals surface area contributed by atoms with E-state index in [1.165, 1.54) is 19.3 Å². The highest BCUT2D eigenvalue weighted by Gasteiger charge is 2.07. The van der Waals surface area contributed by atoms with Crippen LogP contribution in [0.3, 0.4) is 0 Å². The molecule has 1 rings (SSSR count). The van der Waals surface area contributed by atoms with Crippen LogP contribution < -0.4 is 4.74 Å². The van der Waals surface area contributed by atoms with Crippen LogP contribution in [0.5, 0.6) is 5.88 Å². The van der Waals surface area contributed by atoms with Gasteiger partial charge in [0.15, 0.2) is 6.29 Å². The Balaban J connectivity index is 3.34. The quantitative estimate of drug-likeness (QED) is 0.698. The van der Waals surface area contributed by atoms with Crippen molar-refractivity contribution in [3.8, 4) is 5.88 Å². The number of pyridine rings is 1. The molecule has 0 atom stereocenters. The van der Waals surface area contributed by atoms with Crippen molar-refractivity contribution >= 4 is 24.0 Å². The van der Waals surface area contributed by atoms with Crippen molar-refractivity contribution in [3.63, 3.8) is 0 Å². The van der Waals surface area contributed by atoms with Crippen LogP contribution in [0.4, 0.5) is 0 Å². The summed E-state index contributed by atoms with van der Waals surface area (Å²) in [4.78, 5) is 14.5. The molecule has 4 heteroatoms. The lowest BCUT2D eigenvalue weighted by Gasteiger charge is -2.04. The molecule has 0 bridgehead atoms. The molecule has 13 heavy (non-hydrogen) atoms. The van der Waals surface area contributed by atoms with Crippen LogP contribution >= 0.6 is 11.6 Å². The summed E-state index contributed by atoms with van der Waals surface area (Å²) in [7, 11) is 1.44.